The summed E-state index contributed by atoms with van der Waals surface area (Å²) >= 11 is 1.50. The lowest BCUT2D eigenvalue weighted by Gasteiger charge is -2.06. The molecule has 0 amide bonds. The summed E-state index contributed by atoms with van der Waals surface area (Å²) in [5.41, 5.74) is 0.555. The van der Waals surface area contributed by atoms with Crippen molar-refractivity contribution in [3.05, 3.63) is 54.3 Å². The average molecular weight is 343 g/mol. The van der Waals surface area contributed by atoms with E-state index in [1.807, 2.05) is 41.8 Å². The second-order valence-corrected chi connectivity index (χ2v) is 5.94. The maximum atomic E-state index is 11.9. The first-order chi connectivity index (χ1) is 11.8. The number of nitrogens with zero attached hydrogens (tertiary/aromatic N) is 3. The standard InChI is InChI=1S/C17H17N3O3S/c1-2-20-15(14-9-6-10-22-14)18-19-17(20)24-12-11-23-16(21)13-7-4-3-5-8-13/h3-10H,2,11-12H2,1H3. The van der Waals surface area contributed by atoms with Crippen LogP contribution in [0.2, 0.25) is 0 Å². The molecule has 2 heterocycles. The van der Waals surface area contributed by atoms with Crippen LogP contribution < -0.4 is 0 Å². The Hall–Kier alpha value is -2.54. The second-order valence-electron chi connectivity index (χ2n) is 4.88. The minimum atomic E-state index is -0.315. The minimum absolute atomic E-state index is 0.311. The predicted molar refractivity (Wildman–Crippen MR) is 90.8 cm³/mol. The van der Waals surface area contributed by atoms with Crippen molar-refractivity contribution in [1.29, 1.82) is 0 Å². The van der Waals surface area contributed by atoms with E-state index in [0.717, 1.165) is 11.7 Å². The van der Waals surface area contributed by atoms with Gasteiger partial charge in [0.1, 0.15) is 6.61 Å². The number of furan rings is 1. The number of carbonyl (C=O) groups excluding carboxylic acids is 1. The van der Waals surface area contributed by atoms with Crippen LogP contribution in [0, 0.1) is 0 Å². The topological polar surface area (TPSA) is 70.2 Å². The van der Waals surface area contributed by atoms with Crippen molar-refractivity contribution in [3.63, 3.8) is 0 Å². The van der Waals surface area contributed by atoms with Crippen LogP contribution in [0.3, 0.4) is 0 Å². The molecule has 0 spiro atoms. The molecule has 3 aromatic rings. The van der Waals surface area contributed by atoms with Gasteiger partial charge in [-0.1, -0.05) is 30.0 Å². The summed E-state index contributed by atoms with van der Waals surface area (Å²) in [7, 11) is 0. The van der Waals surface area contributed by atoms with Gasteiger partial charge in [-0.2, -0.15) is 0 Å². The third-order valence-electron chi connectivity index (χ3n) is 3.33. The smallest absolute Gasteiger partial charge is 0.338 e. The highest BCUT2D eigenvalue weighted by molar-refractivity contribution is 7.99. The fourth-order valence-corrected chi connectivity index (χ4v) is 3.01. The first-order valence-corrected chi connectivity index (χ1v) is 8.60. The van der Waals surface area contributed by atoms with Gasteiger partial charge in [0.15, 0.2) is 16.7 Å². The first kappa shape index (κ1) is 16.3. The molecule has 7 heteroatoms. The Morgan fingerprint density at radius 2 is 2.04 bits per heavy atom. The van der Waals surface area contributed by atoms with E-state index >= 15 is 0 Å². The summed E-state index contributed by atoms with van der Waals surface area (Å²) in [6.45, 7) is 3.06. The van der Waals surface area contributed by atoms with E-state index in [1.54, 1.807) is 18.4 Å². The first-order valence-electron chi connectivity index (χ1n) is 7.61. The Morgan fingerprint density at radius 3 is 2.75 bits per heavy atom. The molecule has 0 fully saturated rings. The maximum absolute atomic E-state index is 11.9. The van der Waals surface area contributed by atoms with Crippen molar-refractivity contribution in [3.8, 4) is 11.6 Å². The van der Waals surface area contributed by atoms with Gasteiger partial charge >= 0.3 is 5.97 Å². The highest BCUT2D eigenvalue weighted by Crippen LogP contribution is 2.24. The molecule has 24 heavy (non-hydrogen) atoms. The maximum Gasteiger partial charge on any atom is 0.338 e. The SMILES string of the molecule is CCn1c(SCCOC(=O)c2ccccc2)nnc1-c1ccco1. The van der Waals surface area contributed by atoms with Gasteiger partial charge in [-0.15, -0.1) is 10.2 Å². The number of thioether (sulfide) groups is 1. The molecule has 0 atom stereocenters. The number of rotatable bonds is 7. The molecule has 0 unspecified atom stereocenters. The lowest BCUT2D eigenvalue weighted by molar-refractivity contribution is 0.0530. The van der Waals surface area contributed by atoms with Crippen molar-refractivity contribution < 1.29 is 13.9 Å². The normalized spacial score (nSPS) is 10.7. The molecule has 1 aromatic carbocycles. The van der Waals surface area contributed by atoms with Crippen LogP contribution in [0.5, 0.6) is 0 Å². The molecule has 0 radical (unpaired) electrons. The summed E-state index contributed by atoms with van der Waals surface area (Å²) in [6.07, 6.45) is 1.61. The number of ether oxygens (including phenoxy) is 1. The lowest BCUT2D eigenvalue weighted by Crippen LogP contribution is -2.08. The van der Waals surface area contributed by atoms with E-state index in [2.05, 4.69) is 10.2 Å². The molecular weight excluding hydrogens is 326 g/mol. The molecule has 0 N–H and O–H groups in total. The fourth-order valence-electron chi connectivity index (χ4n) is 2.19. The summed E-state index contributed by atoms with van der Waals surface area (Å²) in [4.78, 5) is 11.9. The van der Waals surface area contributed by atoms with Gasteiger partial charge in [0, 0.05) is 12.3 Å². The molecule has 0 saturated heterocycles. The number of aromatic nitrogens is 3. The van der Waals surface area contributed by atoms with E-state index < -0.39 is 0 Å². The van der Waals surface area contributed by atoms with Gasteiger partial charge in [0.25, 0.3) is 0 Å². The minimum Gasteiger partial charge on any atom is -0.461 e. The van der Waals surface area contributed by atoms with Gasteiger partial charge in [-0.25, -0.2) is 4.79 Å². The van der Waals surface area contributed by atoms with Crippen molar-refractivity contribution in [1.82, 2.24) is 14.8 Å². The molecule has 0 saturated carbocycles. The van der Waals surface area contributed by atoms with E-state index in [4.69, 9.17) is 9.15 Å². The van der Waals surface area contributed by atoms with Gasteiger partial charge in [-0.05, 0) is 31.2 Å². The third-order valence-corrected chi connectivity index (χ3v) is 4.26. The van der Waals surface area contributed by atoms with Gasteiger partial charge < -0.3 is 9.15 Å². The Morgan fingerprint density at radius 1 is 1.21 bits per heavy atom. The molecule has 2 aromatic heterocycles. The van der Waals surface area contributed by atoms with Crippen molar-refractivity contribution in [2.24, 2.45) is 0 Å². The van der Waals surface area contributed by atoms with E-state index in [-0.39, 0.29) is 5.97 Å². The number of hydrogen-bond donors (Lipinski definition) is 0. The lowest BCUT2D eigenvalue weighted by atomic mass is 10.2. The van der Waals surface area contributed by atoms with Gasteiger partial charge in [0.05, 0.1) is 11.8 Å². The van der Waals surface area contributed by atoms with Crippen molar-refractivity contribution in [2.75, 3.05) is 12.4 Å². The Bertz CT molecular complexity index is 785. The van der Waals surface area contributed by atoms with Gasteiger partial charge in [0.2, 0.25) is 0 Å². The number of benzene rings is 1. The molecule has 0 aliphatic carbocycles. The summed E-state index contributed by atoms with van der Waals surface area (Å²) < 4.78 is 12.6. The Balaban J connectivity index is 1.55. The highest BCUT2D eigenvalue weighted by atomic mass is 32.2. The largest absolute Gasteiger partial charge is 0.461 e. The molecule has 3 rings (SSSR count). The summed E-state index contributed by atoms with van der Waals surface area (Å²) in [5, 5.41) is 9.15. The molecule has 0 aliphatic rings. The van der Waals surface area contributed by atoms with Crippen LogP contribution in [0.15, 0.2) is 58.3 Å². The van der Waals surface area contributed by atoms with Crippen LogP contribution in [0.1, 0.15) is 17.3 Å². The zero-order chi connectivity index (χ0) is 16.8. The third kappa shape index (κ3) is 3.68. The average Bonchev–Trinajstić information content (AvgIpc) is 3.28. The zero-order valence-electron chi connectivity index (χ0n) is 13.2. The van der Waals surface area contributed by atoms with Crippen LogP contribution in [-0.4, -0.2) is 33.1 Å². The van der Waals surface area contributed by atoms with E-state index in [0.29, 0.717) is 29.5 Å². The number of esters is 1. The van der Waals surface area contributed by atoms with Crippen LogP contribution in [-0.2, 0) is 11.3 Å². The van der Waals surface area contributed by atoms with Crippen LogP contribution in [0.4, 0.5) is 0 Å². The van der Waals surface area contributed by atoms with Gasteiger partial charge in [-0.3, -0.25) is 4.57 Å². The Labute approximate surface area is 143 Å². The predicted octanol–water partition coefficient (Wildman–Crippen LogP) is 3.51. The highest BCUT2D eigenvalue weighted by Gasteiger charge is 2.15. The Kier molecular flexibility index (Phi) is 5.32. The monoisotopic (exact) mass is 343 g/mol. The number of carbonyl (C=O) groups is 1. The fraction of sp³-hybridized carbons (Fsp3) is 0.235. The van der Waals surface area contributed by atoms with Crippen LogP contribution in [0.25, 0.3) is 11.6 Å². The number of hydrogen-bond acceptors (Lipinski definition) is 6. The van der Waals surface area contributed by atoms with Crippen molar-refractivity contribution in [2.45, 2.75) is 18.6 Å². The molecule has 6 nitrogen and oxygen atoms in total. The zero-order valence-corrected chi connectivity index (χ0v) is 14.0. The molecule has 124 valence electrons. The summed E-state index contributed by atoms with van der Waals surface area (Å²) in [6, 6.07) is 12.6. The summed E-state index contributed by atoms with van der Waals surface area (Å²) in [5.74, 6) is 1.68. The van der Waals surface area contributed by atoms with Crippen molar-refractivity contribution >= 4 is 17.7 Å². The van der Waals surface area contributed by atoms with Crippen LogP contribution >= 0.6 is 11.8 Å². The molecular formula is C17H17N3O3S. The van der Waals surface area contributed by atoms with E-state index in [9.17, 15) is 4.79 Å². The second kappa shape index (κ2) is 7.83. The quantitative estimate of drug-likeness (QED) is 0.371. The molecule has 0 aliphatic heterocycles. The van der Waals surface area contributed by atoms with E-state index in [1.165, 1.54) is 11.8 Å². The molecule has 0 bridgehead atoms.